The molecule has 3 atom stereocenters. The van der Waals surface area contributed by atoms with Crippen molar-refractivity contribution in [3.05, 3.63) is 0 Å². The van der Waals surface area contributed by atoms with Crippen LogP contribution in [0.5, 0.6) is 0 Å². The lowest BCUT2D eigenvalue weighted by molar-refractivity contribution is -0.139. The van der Waals surface area contributed by atoms with Crippen molar-refractivity contribution in [2.75, 3.05) is 12.3 Å². The molecular weight excluding hydrogens is 364 g/mol. The average molecular weight is 397 g/mol. The van der Waals surface area contributed by atoms with E-state index in [-0.39, 0.29) is 40.6 Å². The van der Waals surface area contributed by atoms with Crippen LogP contribution >= 0.6 is 11.8 Å². The number of hydrogen-bond acceptors (Lipinski definition) is 5. The van der Waals surface area contributed by atoms with Crippen molar-refractivity contribution in [1.29, 1.82) is 0 Å². The van der Waals surface area contributed by atoms with Crippen LogP contribution < -0.4 is 5.32 Å². The van der Waals surface area contributed by atoms with Gasteiger partial charge < -0.3 is 10.2 Å². The fourth-order valence-electron chi connectivity index (χ4n) is 3.89. The highest BCUT2D eigenvalue weighted by Crippen LogP contribution is 2.25. The van der Waals surface area contributed by atoms with Crippen molar-refractivity contribution >= 4 is 34.5 Å². The fourth-order valence-corrected chi connectivity index (χ4v) is 4.76. The number of carbonyl (C=O) groups is 4. The Balaban J connectivity index is 1.77. The van der Waals surface area contributed by atoms with Gasteiger partial charge in [-0.15, -0.1) is 0 Å². The molecule has 2 rings (SSSR count). The Morgan fingerprint density at radius 1 is 1.04 bits per heavy atom. The van der Waals surface area contributed by atoms with Gasteiger partial charge in [0.1, 0.15) is 0 Å². The minimum Gasteiger partial charge on any atom is -0.345 e. The predicted molar refractivity (Wildman–Crippen MR) is 106 cm³/mol. The van der Waals surface area contributed by atoms with Crippen molar-refractivity contribution in [1.82, 2.24) is 10.2 Å². The molecule has 7 heteroatoms. The molecule has 0 aromatic rings. The topological polar surface area (TPSA) is 83.6 Å². The van der Waals surface area contributed by atoms with Crippen LogP contribution in [0.25, 0.3) is 0 Å². The third-order valence-corrected chi connectivity index (χ3v) is 6.90. The maximum absolute atomic E-state index is 12.6. The predicted octanol–water partition coefficient (Wildman–Crippen LogP) is 2.55. The number of ketones is 1. The standard InChI is InChI=1S/C20H32N2O4S/c1-13(19(25)22-11-7-10-17(22)15(3)23)12-27-20(26)14(2)21-18(24)16-8-5-4-6-9-16/h13-14,16-17H,4-12H2,1-3H3,(H,21,24)/t13-,14-,17+/m1/s1. The molecule has 152 valence electrons. The molecule has 0 aromatic carbocycles. The van der Waals surface area contributed by atoms with E-state index in [1.165, 1.54) is 13.3 Å². The summed E-state index contributed by atoms with van der Waals surface area (Å²) in [6.07, 6.45) is 6.71. The molecule has 27 heavy (non-hydrogen) atoms. The van der Waals surface area contributed by atoms with E-state index in [1.807, 2.05) is 0 Å². The zero-order valence-electron chi connectivity index (χ0n) is 16.7. The quantitative estimate of drug-likeness (QED) is 0.715. The zero-order chi connectivity index (χ0) is 20.0. The van der Waals surface area contributed by atoms with Gasteiger partial charge in [0.2, 0.25) is 16.9 Å². The van der Waals surface area contributed by atoms with E-state index < -0.39 is 6.04 Å². The highest BCUT2D eigenvalue weighted by atomic mass is 32.2. The van der Waals surface area contributed by atoms with Crippen molar-refractivity contribution in [2.45, 2.75) is 77.8 Å². The van der Waals surface area contributed by atoms with E-state index in [0.717, 1.165) is 50.3 Å². The smallest absolute Gasteiger partial charge is 0.226 e. The number of nitrogens with one attached hydrogen (secondary N) is 1. The first kappa shape index (κ1) is 21.9. The van der Waals surface area contributed by atoms with Crippen LogP contribution in [0.4, 0.5) is 0 Å². The molecule has 0 unspecified atom stereocenters. The molecule has 1 aliphatic carbocycles. The molecule has 0 spiro atoms. The van der Waals surface area contributed by atoms with E-state index >= 15 is 0 Å². The third kappa shape index (κ3) is 6.06. The van der Waals surface area contributed by atoms with Crippen LogP contribution in [0.2, 0.25) is 0 Å². The Hall–Kier alpha value is -1.37. The van der Waals surface area contributed by atoms with Gasteiger partial charge in [-0.1, -0.05) is 37.9 Å². The number of likely N-dealkylation sites (tertiary alicyclic amines) is 1. The molecule has 0 radical (unpaired) electrons. The van der Waals surface area contributed by atoms with Crippen molar-refractivity contribution in [3.63, 3.8) is 0 Å². The van der Waals surface area contributed by atoms with Gasteiger partial charge in [0.05, 0.1) is 12.1 Å². The van der Waals surface area contributed by atoms with E-state index in [2.05, 4.69) is 5.32 Å². The SMILES string of the molecule is CC(=O)[C@@H]1CCCN1C(=O)[C@H](C)CSC(=O)[C@@H](C)NC(=O)C1CCCCC1. The molecule has 1 heterocycles. The fraction of sp³-hybridized carbons (Fsp3) is 0.800. The van der Waals surface area contributed by atoms with E-state index in [4.69, 9.17) is 0 Å². The van der Waals surface area contributed by atoms with Crippen molar-refractivity contribution in [2.24, 2.45) is 11.8 Å². The van der Waals surface area contributed by atoms with Gasteiger partial charge in [-0.05, 0) is 39.5 Å². The van der Waals surface area contributed by atoms with E-state index in [1.54, 1.807) is 18.7 Å². The molecule has 2 aliphatic rings. The first-order chi connectivity index (χ1) is 12.8. The highest BCUT2D eigenvalue weighted by molar-refractivity contribution is 8.13. The normalized spacial score (nSPS) is 22.9. The van der Waals surface area contributed by atoms with Crippen LogP contribution in [-0.4, -0.2) is 52.0 Å². The maximum Gasteiger partial charge on any atom is 0.226 e. The largest absolute Gasteiger partial charge is 0.345 e. The lowest BCUT2D eigenvalue weighted by atomic mass is 9.88. The summed E-state index contributed by atoms with van der Waals surface area (Å²) in [6.45, 7) is 5.63. The Labute approximate surface area is 166 Å². The molecule has 2 amide bonds. The summed E-state index contributed by atoms with van der Waals surface area (Å²) in [7, 11) is 0. The molecule has 1 saturated carbocycles. The summed E-state index contributed by atoms with van der Waals surface area (Å²) in [5.41, 5.74) is 0. The van der Waals surface area contributed by atoms with Gasteiger partial charge >= 0.3 is 0 Å². The van der Waals surface area contributed by atoms with Crippen LogP contribution in [0.1, 0.15) is 65.7 Å². The molecule has 1 N–H and O–H groups in total. The molecule has 2 fully saturated rings. The van der Waals surface area contributed by atoms with Crippen LogP contribution in [0.3, 0.4) is 0 Å². The first-order valence-corrected chi connectivity index (χ1v) is 11.1. The van der Waals surface area contributed by atoms with Crippen molar-refractivity contribution in [3.8, 4) is 0 Å². The van der Waals surface area contributed by atoms with Gasteiger partial charge in [0.25, 0.3) is 0 Å². The second-order valence-electron chi connectivity index (χ2n) is 7.90. The number of carbonyl (C=O) groups excluding carboxylic acids is 4. The summed E-state index contributed by atoms with van der Waals surface area (Å²) in [6, 6.07) is -0.863. The Kier molecular flexibility index (Phi) is 8.32. The van der Waals surface area contributed by atoms with E-state index in [9.17, 15) is 19.2 Å². The molecule has 0 bridgehead atoms. The van der Waals surface area contributed by atoms with E-state index in [0.29, 0.717) is 12.3 Å². The number of Topliss-reactive ketones (excluding diaryl/α,β-unsaturated/α-hetero) is 1. The van der Waals surface area contributed by atoms with Crippen LogP contribution in [0.15, 0.2) is 0 Å². The summed E-state index contributed by atoms with van der Waals surface area (Å²) in [5.74, 6) is -0.00899. The minimum atomic E-state index is -0.552. The number of nitrogens with zero attached hydrogens (tertiary/aromatic N) is 1. The second kappa shape index (κ2) is 10.2. The molecule has 0 aromatic heterocycles. The Morgan fingerprint density at radius 3 is 2.33 bits per heavy atom. The number of hydrogen-bond donors (Lipinski definition) is 1. The summed E-state index contributed by atoms with van der Waals surface area (Å²) >= 11 is 1.09. The Morgan fingerprint density at radius 2 is 1.70 bits per heavy atom. The van der Waals surface area contributed by atoms with Gasteiger partial charge in [-0.25, -0.2) is 0 Å². The van der Waals surface area contributed by atoms with Gasteiger partial charge in [0, 0.05) is 24.1 Å². The zero-order valence-corrected chi connectivity index (χ0v) is 17.5. The first-order valence-electron chi connectivity index (χ1n) is 10.1. The number of amides is 2. The molecule has 1 saturated heterocycles. The summed E-state index contributed by atoms with van der Waals surface area (Å²) in [4.78, 5) is 50.6. The monoisotopic (exact) mass is 396 g/mol. The van der Waals surface area contributed by atoms with Crippen molar-refractivity contribution < 1.29 is 19.2 Å². The lowest BCUT2D eigenvalue weighted by Gasteiger charge is -2.26. The molecular formula is C20H32N2O4S. The maximum atomic E-state index is 12.6. The van der Waals surface area contributed by atoms with Crippen LogP contribution in [0, 0.1) is 11.8 Å². The van der Waals surface area contributed by atoms with Gasteiger partial charge in [0.15, 0.2) is 5.78 Å². The highest BCUT2D eigenvalue weighted by Gasteiger charge is 2.34. The lowest BCUT2D eigenvalue weighted by Crippen LogP contribution is -2.43. The van der Waals surface area contributed by atoms with Gasteiger partial charge in [-0.3, -0.25) is 19.2 Å². The number of thioether (sulfide) groups is 1. The molecule has 1 aliphatic heterocycles. The average Bonchev–Trinajstić information content (AvgIpc) is 3.15. The second-order valence-corrected chi connectivity index (χ2v) is 8.92. The summed E-state index contributed by atoms with van der Waals surface area (Å²) < 4.78 is 0. The van der Waals surface area contributed by atoms with Gasteiger partial charge in [-0.2, -0.15) is 0 Å². The third-order valence-electron chi connectivity index (χ3n) is 5.59. The molecule has 6 nitrogen and oxygen atoms in total. The number of rotatable bonds is 7. The van der Waals surface area contributed by atoms with Crippen LogP contribution in [-0.2, 0) is 19.2 Å². The minimum absolute atomic E-state index is 0.0239. The summed E-state index contributed by atoms with van der Waals surface area (Å²) in [5, 5.41) is 2.71. The Bertz CT molecular complexity index is 574.